The van der Waals surface area contributed by atoms with Crippen LogP contribution in [-0.4, -0.2) is 20.2 Å². The molecule has 5 nitrogen and oxygen atoms in total. The molecule has 0 unspecified atom stereocenters. The highest BCUT2D eigenvalue weighted by atomic mass is 32.1. The highest BCUT2D eigenvalue weighted by Gasteiger charge is 2.20. The summed E-state index contributed by atoms with van der Waals surface area (Å²) in [5.74, 6) is 0.762. The zero-order valence-corrected chi connectivity index (χ0v) is 12.6. The van der Waals surface area contributed by atoms with Crippen molar-refractivity contribution < 1.29 is 4.42 Å². The van der Waals surface area contributed by atoms with E-state index >= 15 is 0 Å². The Morgan fingerprint density at radius 1 is 1.40 bits per heavy atom. The Morgan fingerprint density at radius 3 is 2.85 bits per heavy atom. The lowest BCUT2D eigenvalue weighted by Gasteiger charge is -2.00. The Labute approximate surface area is 124 Å². The minimum absolute atomic E-state index is 0.269. The summed E-state index contributed by atoms with van der Waals surface area (Å²) in [4.78, 5) is 10.0. The molecule has 0 saturated heterocycles. The smallest absolute Gasteiger partial charge is 0.284 e. The molecule has 3 aromatic rings. The molecule has 0 atom stereocenters. The van der Waals surface area contributed by atoms with Crippen molar-refractivity contribution in [3.63, 3.8) is 0 Å². The number of pyridine rings is 1. The van der Waals surface area contributed by atoms with E-state index in [1.807, 2.05) is 12.1 Å². The van der Waals surface area contributed by atoms with Gasteiger partial charge in [0.1, 0.15) is 9.88 Å². The molecule has 3 aromatic heterocycles. The summed E-state index contributed by atoms with van der Waals surface area (Å²) >= 11 is 6.47. The lowest BCUT2D eigenvalue weighted by Crippen LogP contribution is -1.91. The van der Waals surface area contributed by atoms with Crippen LogP contribution in [0.3, 0.4) is 0 Å². The van der Waals surface area contributed by atoms with Crippen molar-refractivity contribution in [3.05, 3.63) is 35.1 Å². The summed E-state index contributed by atoms with van der Waals surface area (Å²) < 4.78 is 5.41. The van der Waals surface area contributed by atoms with Crippen LogP contribution >= 0.6 is 23.6 Å². The van der Waals surface area contributed by atoms with Crippen LogP contribution in [0.2, 0.25) is 0 Å². The fraction of sp³-hybridized carbons (Fsp3) is 0.231. The maximum Gasteiger partial charge on any atom is 0.284 e. The van der Waals surface area contributed by atoms with Gasteiger partial charge in [-0.25, -0.2) is 10.1 Å². The summed E-state index contributed by atoms with van der Waals surface area (Å²) in [6, 6.07) is 3.88. The monoisotopic (exact) mass is 304 g/mol. The van der Waals surface area contributed by atoms with Gasteiger partial charge >= 0.3 is 0 Å². The van der Waals surface area contributed by atoms with Gasteiger partial charge in [-0.15, -0.1) is 16.4 Å². The summed E-state index contributed by atoms with van der Waals surface area (Å²) in [5.41, 5.74) is 1.94. The van der Waals surface area contributed by atoms with E-state index in [2.05, 4.69) is 29.0 Å². The molecule has 0 bridgehead atoms. The van der Waals surface area contributed by atoms with Crippen molar-refractivity contribution in [1.82, 2.24) is 20.2 Å². The molecule has 0 radical (unpaired) electrons. The first-order valence-electron chi connectivity index (χ1n) is 6.12. The number of rotatable bonds is 3. The Bertz CT molecular complexity index is 773. The predicted molar refractivity (Wildman–Crippen MR) is 80.1 cm³/mol. The van der Waals surface area contributed by atoms with E-state index in [9.17, 15) is 0 Å². The SMILES string of the molecule is CC(C)c1nc(-c2cccnc2)sc1-c1n[nH]c(=S)o1. The first kappa shape index (κ1) is 13.1. The Morgan fingerprint density at radius 2 is 2.25 bits per heavy atom. The average Bonchev–Trinajstić information content (AvgIpc) is 3.05. The number of thiazole rings is 1. The molecule has 3 rings (SSSR count). The van der Waals surface area contributed by atoms with Crippen LogP contribution < -0.4 is 0 Å². The number of aromatic nitrogens is 4. The van der Waals surface area contributed by atoms with Crippen molar-refractivity contribution in [1.29, 1.82) is 0 Å². The lowest BCUT2D eigenvalue weighted by molar-refractivity contribution is 0.552. The fourth-order valence-corrected chi connectivity index (χ4v) is 3.08. The maximum absolute atomic E-state index is 5.41. The van der Waals surface area contributed by atoms with Crippen LogP contribution in [-0.2, 0) is 0 Å². The van der Waals surface area contributed by atoms with E-state index in [0.717, 1.165) is 21.1 Å². The lowest BCUT2D eigenvalue weighted by atomic mass is 10.1. The van der Waals surface area contributed by atoms with Gasteiger partial charge in [-0.3, -0.25) is 4.98 Å². The molecule has 7 heteroatoms. The van der Waals surface area contributed by atoms with Crippen LogP contribution in [0, 0.1) is 4.84 Å². The Hall–Kier alpha value is -1.86. The zero-order valence-electron chi connectivity index (χ0n) is 11.0. The topological polar surface area (TPSA) is 67.6 Å². The molecule has 1 N–H and O–H groups in total. The number of aromatic amines is 1. The van der Waals surface area contributed by atoms with Crippen LogP contribution in [0.1, 0.15) is 25.5 Å². The quantitative estimate of drug-likeness (QED) is 0.740. The second kappa shape index (κ2) is 5.26. The number of hydrogen-bond acceptors (Lipinski definition) is 6. The fourth-order valence-electron chi connectivity index (χ4n) is 1.82. The highest BCUT2D eigenvalue weighted by molar-refractivity contribution is 7.71. The first-order chi connectivity index (χ1) is 9.65. The van der Waals surface area contributed by atoms with Gasteiger partial charge < -0.3 is 4.42 Å². The van der Waals surface area contributed by atoms with Gasteiger partial charge in [0.15, 0.2) is 0 Å². The third kappa shape index (κ3) is 2.41. The second-order valence-corrected chi connectivity index (χ2v) is 5.92. The van der Waals surface area contributed by atoms with E-state index in [1.54, 1.807) is 12.4 Å². The predicted octanol–water partition coefficient (Wildman–Crippen LogP) is 4.04. The van der Waals surface area contributed by atoms with Crippen molar-refractivity contribution in [2.75, 3.05) is 0 Å². The van der Waals surface area contributed by atoms with Crippen LogP contribution in [0.15, 0.2) is 28.9 Å². The molecule has 0 saturated carbocycles. The van der Waals surface area contributed by atoms with Crippen molar-refractivity contribution in [3.8, 4) is 21.3 Å². The van der Waals surface area contributed by atoms with Gasteiger partial charge in [-0.1, -0.05) is 13.8 Å². The molecular formula is C13H12N4OS2. The van der Waals surface area contributed by atoms with Crippen molar-refractivity contribution >= 4 is 23.6 Å². The average molecular weight is 304 g/mol. The van der Waals surface area contributed by atoms with Gasteiger partial charge in [0.25, 0.3) is 10.7 Å². The molecule has 20 heavy (non-hydrogen) atoms. The molecule has 0 aliphatic rings. The van der Waals surface area contributed by atoms with Gasteiger partial charge in [-0.05, 0) is 30.3 Å². The normalized spacial score (nSPS) is 11.2. The van der Waals surface area contributed by atoms with E-state index in [4.69, 9.17) is 21.6 Å². The minimum Gasteiger partial charge on any atom is -0.408 e. The minimum atomic E-state index is 0.269. The summed E-state index contributed by atoms with van der Waals surface area (Å²) in [7, 11) is 0. The zero-order chi connectivity index (χ0) is 14.1. The van der Waals surface area contributed by atoms with E-state index in [1.165, 1.54) is 11.3 Å². The number of hydrogen-bond donors (Lipinski definition) is 1. The molecule has 0 aliphatic carbocycles. The van der Waals surface area contributed by atoms with E-state index in [-0.39, 0.29) is 10.8 Å². The van der Waals surface area contributed by atoms with Crippen LogP contribution in [0.4, 0.5) is 0 Å². The first-order valence-corrected chi connectivity index (χ1v) is 7.34. The highest BCUT2D eigenvalue weighted by Crippen LogP contribution is 2.37. The number of nitrogens with zero attached hydrogens (tertiary/aromatic N) is 3. The van der Waals surface area contributed by atoms with Gasteiger partial charge in [0.2, 0.25) is 0 Å². The number of H-pyrrole nitrogens is 1. The molecule has 0 aliphatic heterocycles. The molecule has 0 spiro atoms. The van der Waals surface area contributed by atoms with Gasteiger partial charge in [-0.2, -0.15) is 0 Å². The van der Waals surface area contributed by atoms with Crippen LogP contribution in [0.25, 0.3) is 21.3 Å². The molecule has 3 heterocycles. The summed E-state index contributed by atoms with van der Waals surface area (Å²) in [5, 5.41) is 7.65. The maximum atomic E-state index is 5.41. The van der Waals surface area contributed by atoms with Gasteiger partial charge in [0, 0.05) is 18.0 Å². The standard InChI is InChI=1S/C13H12N4OS2/c1-7(2)9-10(11-16-17-13(19)18-11)20-12(15-9)8-4-3-5-14-6-8/h3-7H,1-2H3,(H,17,19). The van der Waals surface area contributed by atoms with Crippen molar-refractivity contribution in [2.24, 2.45) is 0 Å². The summed E-state index contributed by atoms with van der Waals surface area (Å²) in [6.45, 7) is 4.18. The third-order valence-electron chi connectivity index (χ3n) is 2.74. The molecule has 0 aromatic carbocycles. The van der Waals surface area contributed by atoms with E-state index in [0.29, 0.717) is 5.89 Å². The Balaban J connectivity index is 2.14. The summed E-state index contributed by atoms with van der Waals surface area (Å²) in [6.07, 6.45) is 3.54. The molecule has 0 fully saturated rings. The third-order valence-corrected chi connectivity index (χ3v) is 4.02. The molecule has 0 amide bonds. The van der Waals surface area contributed by atoms with E-state index < -0.39 is 0 Å². The molecular weight excluding hydrogens is 292 g/mol. The van der Waals surface area contributed by atoms with Crippen LogP contribution in [0.5, 0.6) is 0 Å². The number of nitrogens with one attached hydrogen (secondary N) is 1. The van der Waals surface area contributed by atoms with Crippen molar-refractivity contribution in [2.45, 2.75) is 19.8 Å². The Kier molecular flexibility index (Phi) is 3.45. The second-order valence-electron chi connectivity index (χ2n) is 4.55. The molecule has 102 valence electrons. The largest absolute Gasteiger partial charge is 0.408 e. The van der Waals surface area contributed by atoms with Gasteiger partial charge in [0.05, 0.1) is 5.69 Å².